The number of rotatable bonds is 6. The molecule has 2 aromatic rings. The molecule has 0 fully saturated rings. The van der Waals surface area contributed by atoms with E-state index < -0.39 is 18.3 Å². The molecule has 5 heteroatoms. The summed E-state index contributed by atoms with van der Waals surface area (Å²) in [5, 5.41) is 22.7. The highest BCUT2D eigenvalue weighted by atomic mass is 16.5. The molecule has 2 unspecified atom stereocenters. The Kier molecular flexibility index (Phi) is 5.13. The van der Waals surface area contributed by atoms with Crippen LogP contribution in [0.5, 0.6) is 0 Å². The Balaban J connectivity index is 1.45. The van der Waals surface area contributed by atoms with Gasteiger partial charge in [-0.15, -0.1) is 0 Å². The van der Waals surface area contributed by atoms with Crippen molar-refractivity contribution in [3.8, 4) is 0 Å². The Morgan fingerprint density at radius 2 is 1.83 bits per heavy atom. The van der Waals surface area contributed by atoms with E-state index >= 15 is 0 Å². The fourth-order valence-corrected chi connectivity index (χ4v) is 2.69. The van der Waals surface area contributed by atoms with Crippen molar-refractivity contribution >= 4 is 6.09 Å². The summed E-state index contributed by atoms with van der Waals surface area (Å²) in [5.74, 6) is 0. The highest BCUT2D eigenvalue weighted by Gasteiger charge is 2.22. The number of aliphatic hydroxyl groups is 2. The number of hydrogen-bond donors (Lipinski definition) is 3. The first-order valence-electron chi connectivity index (χ1n) is 8.06. The zero-order valence-corrected chi connectivity index (χ0v) is 13.3. The van der Waals surface area contributed by atoms with Crippen LogP contribution in [0.1, 0.15) is 28.4 Å². The molecule has 1 aliphatic rings. The van der Waals surface area contributed by atoms with E-state index in [2.05, 4.69) is 5.32 Å². The van der Waals surface area contributed by atoms with Crippen LogP contribution in [0, 0.1) is 0 Å². The molecule has 0 bridgehead atoms. The summed E-state index contributed by atoms with van der Waals surface area (Å²) in [6, 6.07) is 15.1. The lowest BCUT2D eigenvalue weighted by molar-refractivity contribution is 0.0183. The van der Waals surface area contributed by atoms with Crippen LogP contribution in [0.15, 0.2) is 48.5 Å². The average Bonchev–Trinajstić information content (AvgIpc) is 2.59. The van der Waals surface area contributed by atoms with Crippen LogP contribution >= 0.6 is 0 Å². The monoisotopic (exact) mass is 327 g/mol. The second kappa shape index (κ2) is 7.47. The van der Waals surface area contributed by atoms with Crippen molar-refractivity contribution in [1.29, 1.82) is 0 Å². The number of alkyl carbamates (subject to hydrolysis) is 1. The largest absolute Gasteiger partial charge is 0.445 e. The summed E-state index contributed by atoms with van der Waals surface area (Å²) in [6.07, 6.45) is -0.668. The molecule has 0 aromatic heterocycles. The standard InChI is InChI=1S/C19H21NO4/c21-17(18(22)16-9-7-14-6-8-15(14)10-16)11-20-19(23)24-12-13-4-2-1-3-5-13/h1-5,7,9-10,17-18,21-22H,6,8,11-12H2,(H,20,23). The Hall–Kier alpha value is -2.37. The molecule has 1 amide bonds. The maximum atomic E-state index is 11.7. The third-order valence-corrected chi connectivity index (χ3v) is 4.27. The van der Waals surface area contributed by atoms with Crippen molar-refractivity contribution in [3.05, 3.63) is 70.8 Å². The number of aliphatic hydroxyl groups excluding tert-OH is 2. The van der Waals surface area contributed by atoms with E-state index in [1.165, 1.54) is 11.1 Å². The first-order chi connectivity index (χ1) is 11.6. The Bertz CT molecular complexity index is 702. The summed E-state index contributed by atoms with van der Waals surface area (Å²) < 4.78 is 5.07. The molecule has 1 aliphatic carbocycles. The van der Waals surface area contributed by atoms with E-state index in [0.717, 1.165) is 18.4 Å². The SMILES string of the molecule is O=C(NCC(O)C(O)c1ccc2c(c1)CC2)OCc1ccccc1. The molecule has 2 atom stereocenters. The minimum Gasteiger partial charge on any atom is -0.445 e. The molecule has 126 valence electrons. The fourth-order valence-electron chi connectivity index (χ4n) is 2.69. The fraction of sp³-hybridized carbons (Fsp3) is 0.316. The van der Waals surface area contributed by atoms with Gasteiger partial charge in [0.1, 0.15) is 18.8 Å². The lowest BCUT2D eigenvalue weighted by Gasteiger charge is -2.23. The van der Waals surface area contributed by atoms with Crippen molar-refractivity contribution in [2.75, 3.05) is 6.54 Å². The molecule has 0 spiro atoms. The summed E-state index contributed by atoms with van der Waals surface area (Å²) in [4.78, 5) is 11.7. The van der Waals surface area contributed by atoms with E-state index in [-0.39, 0.29) is 13.2 Å². The molecule has 0 aliphatic heterocycles. The van der Waals surface area contributed by atoms with Crippen LogP contribution < -0.4 is 5.32 Å². The molecule has 5 nitrogen and oxygen atoms in total. The van der Waals surface area contributed by atoms with Crippen molar-refractivity contribution in [1.82, 2.24) is 5.32 Å². The van der Waals surface area contributed by atoms with E-state index in [4.69, 9.17) is 4.74 Å². The van der Waals surface area contributed by atoms with E-state index in [1.54, 1.807) is 0 Å². The summed E-state index contributed by atoms with van der Waals surface area (Å²) in [5.41, 5.74) is 4.06. The molecule has 0 saturated heterocycles. The van der Waals surface area contributed by atoms with E-state index in [9.17, 15) is 15.0 Å². The number of nitrogens with one attached hydrogen (secondary N) is 1. The van der Waals surface area contributed by atoms with Gasteiger partial charge in [-0.1, -0.05) is 48.5 Å². The lowest BCUT2D eigenvalue weighted by atomic mass is 9.86. The van der Waals surface area contributed by atoms with Gasteiger partial charge in [-0.2, -0.15) is 0 Å². The average molecular weight is 327 g/mol. The summed E-state index contributed by atoms with van der Waals surface area (Å²) in [6.45, 7) is 0.0853. The van der Waals surface area contributed by atoms with Gasteiger partial charge in [-0.25, -0.2) is 4.79 Å². The molecule has 0 saturated carbocycles. The van der Waals surface area contributed by atoms with Gasteiger partial charge in [0.25, 0.3) is 0 Å². The van der Waals surface area contributed by atoms with Crippen molar-refractivity contribution in [2.45, 2.75) is 31.7 Å². The topological polar surface area (TPSA) is 78.8 Å². The van der Waals surface area contributed by atoms with E-state index in [0.29, 0.717) is 5.56 Å². The van der Waals surface area contributed by atoms with Gasteiger partial charge in [0.15, 0.2) is 0 Å². The zero-order chi connectivity index (χ0) is 16.9. The van der Waals surface area contributed by atoms with Crippen molar-refractivity contribution < 1.29 is 19.7 Å². The Morgan fingerprint density at radius 3 is 2.50 bits per heavy atom. The molecular weight excluding hydrogens is 306 g/mol. The lowest BCUT2D eigenvalue weighted by Crippen LogP contribution is -2.35. The molecule has 3 rings (SSSR count). The minimum atomic E-state index is -1.09. The first kappa shape index (κ1) is 16.5. The summed E-state index contributed by atoms with van der Waals surface area (Å²) in [7, 11) is 0. The third kappa shape index (κ3) is 3.93. The smallest absolute Gasteiger partial charge is 0.407 e. The number of fused-ring (bicyclic) bond motifs is 1. The second-order valence-electron chi connectivity index (χ2n) is 5.98. The molecule has 0 heterocycles. The van der Waals surface area contributed by atoms with Crippen LogP contribution in [-0.2, 0) is 24.2 Å². The van der Waals surface area contributed by atoms with Gasteiger partial charge in [0, 0.05) is 6.54 Å². The molecule has 2 aromatic carbocycles. The number of benzene rings is 2. The van der Waals surface area contributed by atoms with Crippen molar-refractivity contribution in [2.24, 2.45) is 0 Å². The van der Waals surface area contributed by atoms with Gasteiger partial charge in [0.05, 0.1) is 0 Å². The second-order valence-corrected chi connectivity index (χ2v) is 5.98. The van der Waals surface area contributed by atoms with Crippen molar-refractivity contribution in [3.63, 3.8) is 0 Å². The number of hydrogen-bond acceptors (Lipinski definition) is 4. The maximum absolute atomic E-state index is 11.7. The quantitative estimate of drug-likeness (QED) is 0.759. The predicted molar refractivity (Wildman–Crippen MR) is 89.4 cm³/mol. The Morgan fingerprint density at radius 1 is 1.08 bits per heavy atom. The predicted octanol–water partition coefficient (Wildman–Crippen LogP) is 2.11. The normalized spacial score (nSPS) is 14.9. The first-order valence-corrected chi connectivity index (χ1v) is 8.06. The number of aryl methyl sites for hydroxylation is 2. The highest BCUT2D eigenvalue weighted by molar-refractivity contribution is 5.67. The Labute approximate surface area is 140 Å². The van der Waals surface area contributed by atoms with Gasteiger partial charge in [0.2, 0.25) is 0 Å². The van der Waals surface area contributed by atoms with Gasteiger partial charge < -0.3 is 20.3 Å². The maximum Gasteiger partial charge on any atom is 0.407 e. The van der Waals surface area contributed by atoms with Crippen LogP contribution in [0.25, 0.3) is 0 Å². The summed E-state index contributed by atoms with van der Waals surface area (Å²) >= 11 is 0. The zero-order valence-electron chi connectivity index (χ0n) is 13.3. The number of carbonyl (C=O) groups is 1. The number of amides is 1. The van der Waals surface area contributed by atoms with Crippen LogP contribution in [0.2, 0.25) is 0 Å². The van der Waals surface area contributed by atoms with Crippen LogP contribution in [-0.4, -0.2) is 29.0 Å². The molecule has 24 heavy (non-hydrogen) atoms. The van der Waals surface area contributed by atoms with Gasteiger partial charge in [-0.3, -0.25) is 0 Å². The molecular formula is C19H21NO4. The van der Waals surface area contributed by atoms with Crippen LogP contribution in [0.4, 0.5) is 4.79 Å². The third-order valence-electron chi connectivity index (χ3n) is 4.27. The van der Waals surface area contributed by atoms with Gasteiger partial charge in [-0.05, 0) is 35.1 Å². The van der Waals surface area contributed by atoms with E-state index in [1.807, 2.05) is 48.5 Å². The van der Waals surface area contributed by atoms with Gasteiger partial charge >= 0.3 is 6.09 Å². The number of carbonyl (C=O) groups excluding carboxylic acids is 1. The minimum absolute atomic E-state index is 0.0775. The number of ether oxygens (including phenoxy) is 1. The molecule has 3 N–H and O–H groups in total. The van der Waals surface area contributed by atoms with Crippen LogP contribution in [0.3, 0.4) is 0 Å². The molecule has 0 radical (unpaired) electrons. The highest BCUT2D eigenvalue weighted by Crippen LogP contribution is 2.27.